The van der Waals surface area contributed by atoms with Gasteiger partial charge in [-0.25, -0.2) is 0 Å². The minimum absolute atomic E-state index is 0.0588. The maximum Gasteiger partial charge on any atom is 0.418 e. The molecule has 0 saturated heterocycles. The summed E-state index contributed by atoms with van der Waals surface area (Å²) in [7, 11) is 0. The highest BCUT2D eigenvalue weighted by Crippen LogP contribution is 2.38. The molecule has 0 saturated carbocycles. The molecule has 0 bridgehead atoms. The van der Waals surface area contributed by atoms with Gasteiger partial charge in [-0.05, 0) is 45.9 Å². The molecule has 1 aromatic carbocycles. The fourth-order valence-electron chi connectivity index (χ4n) is 1.73. The van der Waals surface area contributed by atoms with Gasteiger partial charge >= 0.3 is 6.18 Å². The van der Waals surface area contributed by atoms with Crippen LogP contribution < -0.4 is 0 Å². The first kappa shape index (κ1) is 16.9. The van der Waals surface area contributed by atoms with E-state index in [1.54, 1.807) is 5.01 Å². The maximum atomic E-state index is 12.9. The third-order valence-electron chi connectivity index (χ3n) is 2.58. The highest BCUT2D eigenvalue weighted by atomic mass is 79.9. The molecule has 112 valence electrons. The Balaban J connectivity index is 3.15. The summed E-state index contributed by atoms with van der Waals surface area (Å²) in [5.74, 6) is 0. The average Bonchev–Trinajstić information content (AvgIpc) is 2.28. The molecule has 0 radical (unpaired) electrons. The zero-order chi connectivity index (χ0) is 15.5. The quantitative estimate of drug-likeness (QED) is 0.513. The molecule has 0 N–H and O–H groups in total. The summed E-state index contributed by atoms with van der Waals surface area (Å²) >= 11 is 3.03. The third kappa shape index (κ3) is 4.47. The van der Waals surface area contributed by atoms with E-state index in [0.717, 1.165) is 6.07 Å². The molecule has 1 rings (SSSR count). The largest absolute Gasteiger partial charge is 0.418 e. The SMILES string of the molecule is CC(C)N(N=Nc1ccc(Br)cc1C(F)(F)F)C(C)C. The summed E-state index contributed by atoms with van der Waals surface area (Å²) in [4.78, 5) is 0. The van der Waals surface area contributed by atoms with Crippen LogP contribution in [0, 0.1) is 0 Å². The van der Waals surface area contributed by atoms with Gasteiger partial charge in [0.05, 0.1) is 11.3 Å². The van der Waals surface area contributed by atoms with Gasteiger partial charge in [0.1, 0.15) is 0 Å². The Morgan fingerprint density at radius 1 is 1.10 bits per heavy atom. The predicted octanol–water partition coefficient (Wildman–Crippen LogP) is 5.59. The molecule has 0 atom stereocenters. The first-order valence-corrected chi connectivity index (χ1v) is 6.99. The van der Waals surface area contributed by atoms with E-state index in [4.69, 9.17) is 0 Å². The highest BCUT2D eigenvalue weighted by Gasteiger charge is 2.34. The van der Waals surface area contributed by atoms with Crippen LogP contribution in [0.3, 0.4) is 0 Å². The van der Waals surface area contributed by atoms with Crippen molar-refractivity contribution in [1.82, 2.24) is 5.01 Å². The Bertz CT molecular complexity index is 476. The number of halogens is 4. The Kier molecular flexibility index (Phi) is 5.56. The molecule has 0 fully saturated rings. The van der Waals surface area contributed by atoms with Gasteiger partial charge in [0, 0.05) is 16.6 Å². The lowest BCUT2D eigenvalue weighted by molar-refractivity contribution is -0.137. The van der Waals surface area contributed by atoms with Gasteiger partial charge in [-0.2, -0.15) is 13.2 Å². The summed E-state index contributed by atoms with van der Waals surface area (Å²) in [6, 6.07) is 3.93. The molecule has 0 amide bonds. The monoisotopic (exact) mass is 351 g/mol. The van der Waals surface area contributed by atoms with Crippen molar-refractivity contribution in [2.24, 2.45) is 10.3 Å². The molecule has 20 heavy (non-hydrogen) atoms. The standard InChI is InChI=1S/C13H17BrF3N3/c1-8(2)20(9(3)4)19-18-12-6-5-10(14)7-11(12)13(15,16)17/h5-9H,1-4H3. The van der Waals surface area contributed by atoms with Gasteiger partial charge in [-0.15, -0.1) is 5.11 Å². The Morgan fingerprint density at radius 2 is 1.65 bits per heavy atom. The minimum Gasteiger partial charge on any atom is -0.273 e. The number of rotatable bonds is 4. The molecule has 1 aromatic rings. The van der Waals surface area contributed by atoms with E-state index in [1.165, 1.54) is 12.1 Å². The van der Waals surface area contributed by atoms with Crippen LogP contribution in [-0.2, 0) is 6.18 Å². The molecule has 0 unspecified atom stereocenters. The van der Waals surface area contributed by atoms with E-state index < -0.39 is 11.7 Å². The second-order valence-corrected chi connectivity index (χ2v) is 5.83. The van der Waals surface area contributed by atoms with E-state index in [-0.39, 0.29) is 17.8 Å². The average molecular weight is 352 g/mol. The number of hydrogen-bond acceptors (Lipinski definition) is 2. The van der Waals surface area contributed by atoms with E-state index in [0.29, 0.717) is 4.47 Å². The van der Waals surface area contributed by atoms with Crippen LogP contribution in [0.5, 0.6) is 0 Å². The lowest BCUT2D eigenvalue weighted by Crippen LogP contribution is -2.31. The summed E-state index contributed by atoms with van der Waals surface area (Å²) in [5.41, 5.74) is -0.991. The van der Waals surface area contributed by atoms with E-state index in [1.807, 2.05) is 27.7 Å². The number of hydrogen-bond donors (Lipinski definition) is 0. The van der Waals surface area contributed by atoms with Crippen molar-refractivity contribution in [1.29, 1.82) is 0 Å². The van der Waals surface area contributed by atoms with Gasteiger partial charge in [0.2, 0.25) is 0 Å². The fourth-order valence-corrected chi connectivity index (χ4v) is 2.09. The first-order valence-electron chi connectivity index (χ1n) is 6.19. The van der Waals surface area contributed by atoms with E-state index in [2.05, 4.69) is 26.3 Å². The summed E-state index contributed by atoms with van der Waals surface area (Å²) in [6.07, 6.45) is -4.46. The Labute approximate surface area is 125 Å². The van der Waals surface area contributed by atoms with Crippen LogP contribution in [0.4, 0.5) is 18.9 Å². The van der Waals surface area contributed by atoms with Gasteiger partial charge in [-0.1, -0.05) is 21.2 Å². The first-order chi connectivity index (χ1) is 9.12. The van der Waals surface area contributed by atoms with Crippen LogP contribution >= 0.6 is 15.9 Å². The topological polar surface area (TPSA) is 28.0 Å². The lowest BCUT2D eigenvalue weighted by Gasteiger charge is -2.25. The van der Waals surface area contributed by atoms with Gasteiger partial charge in [0.15, 0.2) is 0 Å². The molecule has 0 aromatic heterocycles. The van der Waals surface area contributed by atoms with Crippen molar-refractivity contribution in [3.63, 3.8) is 0 Å². The van der Waals surface area contributed by atoms with Crippen LogP contribution in [0.2, 0.25) is 0 Å². The summed E-state index contributed by atoms with van der Waals surface area (Å²) in [6.45, 7) is 7.63. The van der Waals surface area contributed by atoms with Crippen molar-refractivity contribution >= 4 is 21.6 Å². The Morgan fingerprint density at radius 3 is 2.10 bits per heavy atom. The number of alkyl halides is 3. The molecule has 0 aliphatic rings. The summed E-state index contributed by atoms with van der Waals surface area (Å²) < 4.78 is 39.2. The molecule has 0 heterocycles. The van der Waals surface area contributed by atoms with Crippen LogP contribution in [-0.4, -0.2) is 17.1 Å². The third-order valence-corrected chi connectivity index (χ3v) is 3.07. The molecule has 3 nitrogen and oxygen atoms in total. The smallest absolute Gasteiger partial charge is 0.273 e. The Hall–Kier alpha value is -1.11. The second-order valence-electron chi connectivity index (χ2n) is 4.92. The van der Waals surface area contributed by atoms with Crippen molar-refractivity contribution in [2.45, 2.75) is 46.0 Å². The van der Waals surface area contributed by atoms with Crippen molar-refractivity contribution in [2.75, 3.05) is 0 Å². The predicted molar refractivity (Wildman–Crippen MR) is 75.8 cm³/mol. The van der Waals surface area contributed by atoms with E-state index >= 15 is 0 Å². The van der Waals surface area contributed by atoms with Crippen molar-refractivity contribution in [3.05, 3.63) is 28.2 Å². The molecular formula is C13H17BrF3N3. The molecule has 0 aliphatic carbocycles. The zero-order valence-electron chi connectivity index (χ0n) is 11.7. The van der Waals surface area contributed by atoms with Gasteiger partial charge in [0.25, 0.3) is 0 Å². The molecule has 7 heteroatoms. The summed E-state index contributed by atoms with van der Waals surface area (Å²) in [5, 5.41) is 9.36. The van der Waals surface area contributed by atoms with Crippen molar-refractivity contribution in [3.8, 4) is 0 Å². The zero-order valence-corrected chi connectivity index (χ0v) is 13.3. The lowest BCUT2D eigenvalue weighted by atomic mass is 10.2. The van der Waals surface area contributed by atoms with E-state index in [9.17, 15) is 13.2 Å². The normalized spacial score (nSPS) is 12.7. The fraction of sp³-hybridized carbons (Fsp3) is 0.538. The number of benzene rings is 1. The van der Waals surface area contributed by atoms with Crippen molar-refractivity contribution < 1.29 is 13.2 Å². The van der Waals surface area contributed by atoms with Crippen LogP contribution in [0.25, 0.3) is 0 Å². The van der Waals surface area contributed by atoms with Gasteiger partial charge < -0.3 is 0 Å². The second kappa shape index (κ2) is 6.56. The van der Waals surface area contributed by atoms with Crippen LogP contribution in [0.1, 0.15) is 33.3 Å². The highest BCUT2D eigenvalue weighted by molar-refractivity contribution is 9.10. The number of nitrogens with zero attached hydrogens (tertiary/aromatic N) is 3. The molecular weight excluding hydrogens is 335 g/mol. The van der Waals surface area contributed by atoms with Gasteiger partial charge in [-0.3, -0.25) is 5.01 Å². The molecule has 0 spiro atoms. The molecule has 0 aliphatic heterocycles. The minimum atomic E-state index is -4.46. The van der Waals surface area contributed by atoms with Crippen LogP contribution in [0.15, 0.2) is 33.0 Å². The maximum absolute atomic E-state index is 12.9.